The first-order chi connectivity index (χ1) is 33.7. The van der Waals surface area contributed by atoms with Crippen molar-refractivity contribution in [3.63, 3.8) is 0 Å². The van der Waals surface area contributed by atoms with Crippen LogP contribution in [0.25, 0.3) is 122 Å². The number of fused-ring (bicyclic) bond motifs is 6. The van der Waals surface area contributed by atoms with Gasteiger partial charge in [-0.2, -0.15) is 0 Å². The molecular formula is C66H44N2. The first-order valence-corrected chi connectivity index (χ1v) is 23.4. The van der Waals surface area contributed by atoms with Gasteiger partial charge < -0.3 is 9.13 Å². The van der Waals surface area contributed by atoms with Crippen molar-refractivity contribution in [2.45, 2.75) is 0 Å². The Labute approximate surface area is 395 Å². The van der Waals surface area contributed by atoms with E-state index in [1.807, 2.05) is 0 Å². The Bertz CT molecular complexity index is 3980. The summed E-state index contributed by atoms with van der Waals surface area (Å²) in [6.45, 7) is 0. The van der Waals surface area contributed by atoms with Crippen molar-refractivity contribution in [1.29, 1.82) is 0 Å². The molecule has 0 N–H and O–H groups in total. The van der Waals surface area contributed by atoms with Crippen LogP contribution in [-0.4, -0.2) is 9.13 Å². The van der Waals surface area contributed by atoms with Gasteiger partial charge in [-0.1, -0.05) is 176 Å². The first-order valence-electron chi connectivity index (χ1n) is 23.4. The molecule has 0 spiro atoms. The summed E-state index contributed by atoms with van der Waals surface area (Å²) in [7, 11) is 0. The predicted octanol–water partition coefficient (Wildman–Crippen LogP) is 17.9. The minimum absolute atomic E-state index is 1.14. The average Bonchev–Trinajstić information content (AvgIpc) is 3.94. The molecule has 0 aliphatic rings. The highest BCUT2D eigenvalue weighted by Gasteiger charge is 2.20. The Morgan fingerprint density at radius 3 is 1.13 bits per heavy atom. The molecule has 0 fully saturated rings. The smallest absolute Gasteiger partial charge is 0.0619 e. The number of hydrogen-bond donors (Lipinski definition) is 0. The van der Waals surface area contributed by atoms with Crippen LogP contribution in [0, 0.1) is 0 Å². The lowest BCUT2D eigenvalue weighted by Crippen LogP contribution is -1.96. The van der Waals surface area contributed by atoms with E-state index in [-0.39, 0.29) is 0 Å². The molecule has 0 aliphatic heterocycles. The third-order valence-corrected chi connectivity index (χ3v) is 13.7. The Kier molecular flexibility index (Phi) is 9.54. The number of benzene rings is 11. The van der Waals surface area contributed by atoms with E-state index in [9.17, 15) is 0 Å². The monoisotopic (exact) mass is 864 g/mol. The molecule has 0 bridgehead atoms. The molecule has 13 aromatic rings. The maximum absolute atomic E-state index is 2.44. The van der Waals surface area contributed by atoms with Crippen LogP contribution in [-0.2, 0) is 0 Å². The molecule has 2 aromatic heterocycles. The van der Waals surface area contributed by atoms with E-state index in [0.29, 0.717) is 0 Å². The second-order valence-electron chi connectivity index (χ2n) is 17.7. The molecule has 13 rings (SSSR count). The molecule has 0 radical (unpaired) electrons. The Morgan fingerprint density at radius 2 is 0.559 bits per heavy atom. The highest BCUT2D eigenvalue weighted by Crippen LogP contribution is 2.44. The molecule has 0 aliphatic carbocycles. The van der Waals surface area contributed by atoms with E-state index in [1.54, 1.807) is 0 Å². The number of hydrogen-bond acceptors (Lipinski definition) is 0. The fourth-order valence-electron chi connectivity index (χ4n) is 10.5. The van der Waals surface area contributed by atoms with Crippen molar-refractivity contribution in [3.05, 3.63) is 267 Å². The summed E-state index contributed by atoms with van der Waals surface area (Å²) in [5.74, 6) is 0. The van der Waals surface area contributed by atoms with Crippen molar-refractivity contribution in [2.75, 3.05) is 0 Å². The summed E-state index contributed by atoms with van der Waals surface area (Å²) in [5.41, 5.74) is 21.2. The Hall–Kier alpha value is -8.98. The fraction of sp³-hybridized carbons (Fsp3) is 0. The molecule has 2 heteroatoms. The van der Waals surface area contributed by atoms with Crippen molar-refractivity contribution < 1.29 is 0 Å². The molecule has 0 saturated heterocycles. The van der Waals surface area contributed by atoms with E-state index >= 15 is 0 Å². The van der Waals surface area contributed by atoms with Crippen LogP contribution < -0.4 is 0 Å². The van der Waals surface area contributed by atoms with Crippen LogP contribution in [0.1, 0.15) is 0 Å². The van der Waals surface area contributed by atoms with Gasteiger partial charge >= 0.3 is 0 Å². The third kappa shape index (κ3) is 6.82. The third-order valence-electron chi connectivity index (χ3n) is 13.7. The van der Waals surface area contributed by atoms with Crippen LogP contribution in [0.2, 0.25) is 0 Å². The van der Waals surface area contributed by atoms with Gasteiger partial charge in [0.1, 0.15) is 0 Å². The molecule has 0 amide bonds. The maximum atomic E-state index is 2.44. The lowest BCUT2D eigenvalue weighted by atomic mass is 9.90. The van der Waals surface area contributed by atoms with Gasteiger partial charge in [-0.3, -0.25) is 0 Å². The van der Waals surface area contributed by atoms with Crippen molar-refractivity contribution >= 4 is 43.6 Å². The van der Waals surface area contributed by atoms with Gasteiger partial charge in [-0.15, -0.1) is 0 Å². The van der Waals surface area contributed by atoms with Crippen molar-refractivity contribution in [2.24, 2.45) is 0 Å². The van der Waals surface area contributed by atoms with Crippen molar-refractivity contribution in [3.8, 4) is 78.1 Å². The molecule has 11 aromatic carbocycles. The quantitative estimate of drug-likeness (QED) is 0.144. The number of rotatable bonds is 8. The second-order valence-corrected chi connectivity index (χ2v) is 17.7. The van der Waals surface area contributed by atoms with Gasteiger partial charge in [-0.05, 0) is 152 Å². The normalized spacial score (nSPS) is 11.5. The van der Waals surface area contributed by atoms with Crippen LogP contribution in [0.4, 0.5) is 0 Å². The molecular weight excluding hydrogens is 821 g/mol. The molecule has 318 valence electrons. The lowest BCUT2D eigenvalue weighted by Gasteiger charge is -2.16. The lowest BCUT2D eigenvalue weighted by molar-refractivity contribution is 1.18. The average molecular weight is 865 g/mol. The molecule has 0 unspecified atom stereocenters. The summed E-state index contributed by atoms with van der Waals surface area (Å²) in [6, 6.07) is 97.7. The second kappa shape index (κ2) is 16.5. The summed E-state index contributed by atoms with van der Waals surface area (Å²) in [6.07, 6.45) is 0. The molecule has 2 nitrogen and oxygen atoms in total. The van der Waals surface area contributed by atoms with E-state index < -0.39 is 0 Å². The minimum atomic E-state index is 1.14. The zero-order valence-electron chi connectivity index (χ0n) is 37.3. The van der Waals surface area contributed by atoms with Gasteiger partial charge in [0, 0.05) is 38.5 Å². The summed E-state index contributed by atoms with van der Waals surface area (Å²) in [4.78, 5) is 0. The number of para-hydroxylation sites is 3. The van der Waals surface area contributed by atoms with Crippen LogP contribution in [0.5, 0.6) is 0 Å². The fourth-order valence-corrected chi connectivity index (χ4v) is 10.5. The van der Waals surface area contributed by atoms with Crippen LogP contribution in [0.15, 0.2) is 267 Å². The van der Waals surface area contributed by atoms with Gasteiger partial charge in [0.15, 0.2) is 0 Å². The SMILES string of the molecule is c1ccc(-c2cccc(-c3cc(-c4ccc5c(c4)c4cc(-c6ccccc6)ccc4n5-c4ccccc4)cc(-c4cc(-c5ccccc5)c5c(c4)c4ccccc4n5-c4ccccc4)c3)c2)cc1. The summed E-state index contributed by atoms with van der Waals surface area (Å²) < 4.78 is 4.85. The predicted molar refractivity (Wildman–Crippen MR) is 288 cm³/mol. The van der Waals surface area contributed by atoms with Gasteiger partial charge in [0.25, 0.3) is 0 Å². The minimum Gasteiger partial charge on any atom is -0.309 e. The standard InChI is InChI=1S/C66H44N2/c1-6-19-45(20-7-1)48-25-18-26-49(37-48)52-38-53(51-34-36-65-61(42-51)60-41-50(46-21-8-2-9-22-46)33-35-64(60)67(65)56-27-12-4-13-28-56)40-54(39-52)55-43-59(47-23-10-3-11-24-47)66-62(44-55)58-31-16-17-32-63(58)68(66)57-29-14-5-15-30-57/h1-44H. The van der Waals surface area contributed by atoms with E-state index in [4.69, 9.17) is 0 Å². The van der Waals surface area contributed by atoms with E-state index in [0.717, 1.165) is 22.5 Å². The maximum Gasteiger partial charge on any atom is 0.0619 e. The topological polar surface area (TPSA) is 9.86 Å². The highest BCUT2D eigenvalue weighted by atomic mass is 15.0. The zero-order chi connectivity index (χ0) is 45.0. The Morgan fingerprint density at radius 1 is 0.191 bits per heavy atom. The zero-order valence-corrected chi connectivity index (χ0v) is 37.3. The van der Waals surface area contributed by atoms with Crippen LogP contribution >= 0.6 is 0 Å². The summed E-state index contributed by atoms with van der Waals surface area (Å²) >= 11 is 0. The van der Waals surface area contributed by atoms with Crippen molar-refractivity contribution in [1.82, 2.24) is 9.13 Å². The molecule has 68 heavy (non-hydrogen) atoms. The number of aromatic nitrogens is 2. The van der Waals surface area contributed by atoms with E-state index in [1.165, 1.54) is 99.2 Å². The summed E-state index contributed by atoms with van der Waals surface area (Å²) in [5, 5.41) is 4.90. The largest absolute Gasteiger partial charge is 0.309 e. The molecule has 2 heterocycles. The van der Waals surface area contributed by atoms with Gasteiger partial charge in [0.2, 0.25) is 0 Å². The van der Waals surface area contributed by atoms with Gasteiger partial charge in [-0.25, -0.2) is 0 Å². The van der Waals surface area contributed by atoms with Crippen LogP contribution in [0.3, 0.4) is 0 Å². The number of nitrogens with zero attached hydrogens (tertiary/aromatic N) is 2. The Balaban J connectivity index is 1.07. The molecule has 0 saturated carbocycles. The first kappa shape index (κ1) is 39.4. The molecule has 0 atom stereocenters. The van der Waals surface area contributed by atoms with Gasteiger partial charge in [0.05, 0.1) is 22.1 Å². The highest BCUT2D eigenvalue weighted by molar-refractivity contribution is 6.16. The van der Waals surface area contributed by atoms with E-state index in [2.05, 4.69) is 276 Å².